The highest BCUT2D eigenvalue weighted by Gasteiger charge is 2.50. The molecule has 4 heteroatoms. The molecule has 0 aromatic heterocycles. The van der Waals surface area contributed by atoms with E-state index in [1.807, 2.05) is 0 Å². The van der Waals surface area contributed by atoms with E-state index in [-0.39, 0.29) is 0 Å². The molecule has 0 N–H and O–H groups in total. The molecule has 162 valence electrons. The molecule has 4 aliphatic rings. The molecule has 0 radical (unpaired) electrons. The summed E-state index contributed by atoms with van der Waals surface area (Å²) in [5, 5.41) is 0. The Morgan fingerprint density at radius 1 is 0.821 bits per heavy atom. The fourth-order valence-corrected chi connectivity index (χ4v) is 7.40. The zero-order valence-corrected chi connectivity index (χ0v) is 19.6. The molecular formula is C24H46N4. The van der Waals surface area contributed by atoms with E-state index in [0.717, 1.165) is 12.0 Å². The van der Waals surface area contributed by atoms with Crippen LogP contribution in [0.4, 0.5) is 0 Å². The molecule has 0 amide bonds. The van der Waals surface area contributed by atoms with Crippen LogP contribution in [-0.4, -0.2) is 95.1 Å². The Hall–Kier alpha value is -0.160. The van der Waals surface area contributed by atoms with Crippen LogP contribution in [-0.2, 0) is 0 Å². The lowest BCUT2D eigenvalue weighted by Crippen LogP contribution is -2.50. The minimum atomic E-state index is 0.473. The maximum Gasteiger partial charge on any atom is 0.0351 e. The highest BCUT2D eigenvalue weighted by molar-refractivity contribution is 5.07. The lowest BCUT2D eigenvalue weighted by molar-refractivity contribution is 0.0971. The zero-order chi connectivity index (χ0) is 20.1. The average molecular weight is 391 g/mol. The summed E-state index contributed by atoms with van der Waals surface area (Å²) in [5.74, 6) is 0.883. The van der Waals surface area contributed by atoms with Crippen molar-refractivity contribution in [3.8, 4) is 0 Å². The molecule has 28 heavy (non-hydrogen) atoms. The standard InChI is InChI=1S/C24H46N4/c1-19(2)26-12-10-24(18-26)15-22(16-25(24)6)14-21(5)27-13-9-23(17-27)8-7-11-28(23)20(3)4/h19-22H,7-18H2,1-6H3. The molecule has 0 aromatic carbocycles. The van der Waals surface area contributed by atoms with Crippen LogP contribution < -0.4 is 0 Å². The molecule has 4 heterocycles. The third-order valence-corrected chi connectivity index (χ3v) is 9.04. The second kappa shape index (κ2) is 7.83. The van der Waals surface area contributed by atoms with Crippen LogP contribution in [0.1, 0.15) is 73.1 Å². The predicted octanol–water partition coefficient (Wildman–Crippen LogP) is 3.52. The highest BCUT2D eigenvalue weighted by atomic mass is 15.3. The van der Waals surface area contributed by atoms with E-state index in [4.69, 9.17) is 0 Å². The lowest BCUT2D eigenvalue weighted by atomic mass is 9.88. The summed E-state index contributed by atoms with van der Waals surface area (Å²) >= 11 is 0. The minimum Gasteiger partial charge on any atom is -0.299 e. The quantitative estimate of drug-likeness (QED) is 0.712. The van der Waals surface area contributed by atoms with Crippen LogP contribution >= 0.6 is 0 Å². The Morgan fingerprint density at radius 3 is 2.18 bits per heavy atom. The van der Waals surface area contributed by atoms with Gasteiger partial charge in [0.1, 0.15) is 0 Å². The Labute approximate surface area is 174 Å². The summed E-state index contributed by atoms with van der Waals surface area (Å²) in [6.07, 6.45) is 8.42. The summed E-state index contributed by atoms with van der Waals surface area (Å²) in [6, 6.07) is 2.14. The first-order valence-electron chi connectivity index (χ1n) is 12.2. The largest absolute Gasteiger partial charge is 0.299 e. The molecule has 4 unspecified atom stereocenters. The summed E-state index contributed by atoms with van der Waals surface area (Å²) in [5.41, 5.74) is 0.972. The second-order valence-corrected chi connectivity index (χ2v) is 11.4. The molecule has 0 saturated carbocycles. The van der Waals surface area contributed by atoms with Crippen molar-refractivity contribution in [2.75, 3.05) is 46.3 Å². The van der Waals surface area contributed by atoms with E-state index >= 15 is 0 Å². The molecule has 4 fully saturated rings. The van der Waals surface area contributed by atoms with Crippen LogP contribution in [0.3, 0.4) is 0 Å². The molecule has 0 bridgehead atoms. The Balaban J connectivity index is 1.33. The second-order valence-electron chi connectivity index (χ2n) is 11.4. The SMILES string of the molecule is CC(C)N1CCC2(CC(CC(C)N3CCC4(CCCN4C(C)C)C3)CN2C)C1. The van der Waals surface area contributed by atoms with E-state index in [2.05, 4.69) is 61.3 Å². The maximum absolute atomic E-state index is 2.85. The molecule has 4 nitrogen and oxygen atoms in total. The fraction of sp³-hybridized carbons (Fsp3) is 1.00. The van der Waals surface area contributed by atoms with Crippen molar-refractivity contribution in [3.05, 3.63) is 0 Å². The van der Waals surface area contributed by atoms with E-state index in [1.54, 1.807) is 0 Å². The molecule has 4 atom stereocenters. The molecule has 4 aliphatic heterocycles. The maximum atomic E-state index is 2.85. The van der Waals surface area contributed by atoms with E-state index < -0.39 is 0 Å². The summed E-state index contributed by atoms with van der Waals surface area (Å²) in [6.45, 7) is 19.9. The first-order chi connectivity index (χ1) is 13.2. The van der Waals surface area contributed by atoms with Crippen molar-refractivity contribution in [1.82, 2.24) is 19.6 Å². The Bertz CT molecular complexity index is 549. The van der Waals surface area contributed by atoms with Crippen molar-refractivity contribution in [1.29, 1.82) is 0 Å². The number of likely N-dealkylation sites (tertiary alicyclic amines) is 4. The summed E-state index contributed by atoms with van der Waals surface area (Å²) < 4.78 is 0. The van der Waals surface area contributed by atoms with Gasteiger partial charge in [-0.3, -0.25) is 19.6 Å². The normalized spacial score (nSPS) is 39.6. The number of hydrogen-bond donors (Lipinski definition) is 0. The molecule has 0 aliphatic carbocycles. The van der Waals surface area contributed by atoms with Crippen LogP contribution in [0, 0.1) is 5.92 Å². The average Bonchev–Trinajstić information content (AvgIpc) is 3.38. The summed E-state index contributed by atoms with van der Waals surface area (Å²) in [4.78, 5) is 11.1. The third kappa shape index (κ3) is 3.68. The first kappa shape index (κ1) is 21.1. The van der Waals surface area contributed by atoms with Crippen molar-refractivity contribution >= 4 is 0 Å². The van der Waals surface area contributed by atoms with Gasteiger partial charge in [0, 0.05) is 61.9 Å². The lowest BCUT2D eigenvalue weighted by Gasteiger charge is -2.39. The Kier molecular flexibility index (Phi) is 5.90. The van der Waals surface area contributed by atoms with Gasteiger partial charge in [-0.1, -0.05) is 0 Å². The van der Waals surface area contributed by atoms with Gasteiger partial charge < -0.3 is 0 Å². The van der Waals surface area contributed by atoms with Crippen LogP contribution in [0.25, 0.3) is 0 Å². The molecule has 4 saturated heterocycles. The monoisotopic (exact) mass is 390 g/mol. The van der Waals surface area contributed by atoms with Crippen LogP contribution in [0.2, 0.25) is 0 Å². The van der Waals surface area contributed by atoms with E-state index in [0.29, 0.717) is 23.2 Å². The van der Waals surface area contributed by atoms with Gasteiger partial charge in [0.25, 0.3) is 0 Å². The Morgan fingerprint density at radius 2 is 1.50 bits per heavy atom. The number of likely N-dealkylation sites (N-methyl/N-ethyl adjacent to an activating group) is 1. The van der Waals surface area contributed by atoms with Gasteiger partial charge in [-0.25, -0.2) is 0 Å². The van der Waals surface area contributed by atoms with Gasteiger partial charge in [0.2, 0.25) is 0 Å². The van der Waals surface area contributed by atoms with Crippen LogP contribution in [0.15, 0.2) is 0 Å². The molecule has 4 rings (SSSR count). The van der Waals surface area contributed by atoms with Gasteiger partial charge in [-0.2, -0.15) is 0 Å². The van der Waals surface area contributed by atoms with Crippen LogP contribution in [0.5, 0.6) is 0 Å². The van der Waals surface area contributed by atoms with Crippen molar-refractivity contribution < 1.29 is 0 Å². The van der Waals surface area contributed by atoms with Crippen molar-refractivity contribution in [2.24, 2.45) is 5.92 Å². The predicted molar refractivity (Wildman–Crippen MR) is 119 cm³/mol. The minimum absolute atomic E-state index is 0.473. The van der Waals surface area contributed by atoms with Crippen molar-refractivity contribution in [3.63, 3.8) is 0 Å². The highest BCUT2D eigenvalue weighted by Crippen LogP contribution is 2.43. The first-order valence-corrected chi connectivity index (χ1v) is 12.2. The molecule has 2 spiro atoms. The zero-order valence-electron chi connectivity index (χ0n) is 19.6. The molecular weight excluding hydrogens is 344 g/mol. The van der Waals surface area contributed by atoms with Gasteiger partial charge in [-0.05, 0) is 92.7 Å². The number of rotatable bonds is 5. The van der Waals surface area contributed by atoms with Gasteiger partial charge in [0.15, 0.2) is 0 Å². The number of nitrogens with zero attached hydrogens (tertiary/aromatic N) is 4. The smallest absolute Gasteiger partial charge is 0.0351 e. The fourth-order valence-electron chi connectivity index (χ4n) is 7.40. The van der Waals surface area contributed by atoms with E-state index in [1.165, 1.54) is 77.8 Å². The third-order valence-electron chi connectivity index (χ3n) is 9.04. The molecule has 0 aromatic rings. The number of hydrogen-bond acceptors (Lipinski definition) is 4. The van der Waals surface area contributed by atoms with Gasteiger partial charge in [-0.15, -0.1) is 0 Å². The van der Waals surface area contributed by atoms with Crippen molar-refractivity contribution in [2.45, 2.75) is 102 Å². The summed E-state index contributed by atoms with van der Waals surface area (Å²) in [7, 11) is 2.40. The van der Waals surface area contributed by atoms with Gasteiger partial charge >= 0.3 is 0 Å². The topological polar surface area (TPSA) is 13.0 Å². The van der Waals surface area contributed by atoms with Gasteiger partial charge in [0.05, 0.1) is 0 Å². The van der Waals surface area contributed by atoms with E-state index in [9.17, 15) is 0 Å².